The maximum Gasteiger partial charge on any atom is 0.223 e. The van der Waals surface area contributed by atoms with Crippen molar-refractivity contribution in [2.75, 3.05) is 6.54 Å². The number of carbonyl (C=O) groups is 1. The van der Waals surface area contributed by atoms with Crippen LogP contribution in [0.2, 0.25) is 0 Å². The molecule has 3 rings (SSSR count). The Kier molecular flexibility index (Phi) is 2.89. The van der Waals surface area contributed by atoms with E-state index in [0.29, 0.717) is 29.8 Å². The minimum atomic E-state index is 0.331. The maximum absolute atomic E-state index is 12.2. The van der Waals surface area contributed by atoms with Gasteiger partial charge in [0.15, 0.2) is 0 Å². The van der Waals surface area contributed by atoms with E-state index in [-0.39, 0.29) is 0 Å². The number of rotatable bonds is 2. The largest absolute Gasteiger partial charge is 0.351 e. The average Bonchev–Trinajstić information content (AvgIpc) is 2.78. The molecule has 2 N–H and O–H groups in total. The smallest absolute Gasteiger partial charge is 0.223 e. The molecule has 17 heavy (non-hydrogen) atoms. The van der Waals surface area contributed by atoms with Gasteiger partial charge in [0, 0.05) is 18.0 Å². The molecule has 0 bridgehead atoms. The average molecular weight is 236 g/mol. The van der Waals surface area contributed by atoms with Crippen molar-refractivity contribution in [2.24, 2.45) is 23.7 Å². The number of carbonyl (C=O) groups excluding carboxylic acids is 1. The summed E-state index contributed by atoms with van der Waals surface area (Å²) in [6, 6.07) is 0.749. The number of piperidine rings is 1. The van der Waals surface area contributed by atoms with E-state index in [9.17, 15) is 4.79 Å². The minimum absolute atomic E-state index is 0.331. The predicted octanol–water partition coefficient (Wildman–Crippen LogP) is 1.54. The van der Waals surface area contributed by atoms with E-state index >= 15 is 0 Å². The molecule has 1 heterocycles. The van der Waals surface area contributed by atoms with Crippen LogP contribution in [0.1, 0.15) is 39.5 Å². The van der Waals surface area contributed by atoms with E-state index in [1.165, 1.54) is 25.7 Å². The molecule has 0 aromatic rings. The number of fused-ring (bicyclic) bond motifs is 1. The Bertz CT molecular complexity index is 297. The van der Waals surface area contributed by atoms with Crippen LogP contribution in [0.4, 0.5) is 0 Å². The van der Waals surface area contributed by atoms with Gasteiger partial charge in [-0.25, -0.2) is 0 Å². The van der Waals surface area contributed by atoms with Crippen LogP contribution in [0.5, 0.6) is 0 Å². The van der Waals surface area contributed by atoms with Gasteiger partial charge in [-0.1, -0.05) is 13.3 Å². The SMILES string of the molecule is CC1CCNC(C)C1NC(=O)C1C2CCCC21. The first-order chi connectivity index (χ1) is 8.18. The zero-order valence-corrected chi connectivity index (χ0v) is 10.9. The van der Waals surface area contributed by atoms with Crippen LogP contribution in [-0.2, 0) is 4.79 Å². The molecule has 0 radical (unpaired) electrons. The van der Waals surface area contributed by atoms with E-state index in [0.717, 1.165) is 18.4 Å². The third kappa shape index (κ3) is 1.99. The molecule has 1 saturated heterocycles. The van der Waals surface area contributed by atoms with Gasteiger partial charge in [-0.2, -0.15) is 0 Å². The summed E-state index contributed by atoms with van der Waals surface area (Å²) in [6.45, 7) is 5.54. The van der Waals surface area contributed by atoms with Crippen molar-refractivity contribution in [1.29, 1.82) is 0 Å². The van der Waals surface area contributed by atoms with Gasteiger partial charge in [-0.05, 0) is 50.5 Å². The van der Waals surface area contributed by atoms with Crippen molar-refractivity contribution in [3.63, 3.8) is 0 Å². The van der Waals surface area contributed by atoms with Crippen molar-refractivity contribution in [1.82, 2.24) is 10.6 Å². The van der Waals surface area contributed by atoms with E-state index in [4.69, 9.17) is 0 Å². The zero-order valence-electron chi connectivity index (χ0n) is 10.9. The summed E-state index contributed by atoms with van der Waals surface area (Å²) in [7, 11) is 0. The number of amides is 1. The number of hydrogen-bond acceptors (Lipinski definition) is 2. The summed E-state index contributed by atoms with van der Waals surface area (Å²) in [5, 5.41) is 6.77. The molecule has 5 atom stereocenters. The van der Waals surface area contributed by atoms with Crippen molar-refractivity contribution in [2.45, 2.75) is 51.6 Å². The molecule has 0 aromatic heterocycles. The molecule has 2 aliphatic carbocycles. The fraction of sp³-hybridized carbons (Fsp3) is 0.929. The van der Waals surface area contributed by atoms with Crippen molar-refractivity contribution in [3.05, 3.63) is 0 Å². The predicted molar refractivity (Wildman–Crippen MR) is 67.5 cm³/mol. The van der Waals surface area contributed by atoms with Gasteiger partial charge in [-0.3, -0.25) is 4.79 Å². The fourth-order valence-corrected chi connectivity index (χ4v) is 4.08. The Morgan fingerprint density at radius 1 is 1.18 bits per heavy atom. The molecule has 1 aliphatic heterocycles. The molecule has 2 saturated carbocycles. The second-order valence-corrected chi connectivity index (χ2v) is 6.33. The molecule has 1 amide bonds. The standard InChI is InChI=1S/C14H24N2O/c1-8-6-7-15-9(2)13(8)16-14(17)12-10-4-3-5-11(10)12/h8-13,15H,3-7H2,1-2H3,(H,16,17). The van der Waals surface area contributed by atoms with Crippen LogP contribution >= 0.6 is 0 Å². The highest BCUT2D eigenvalue weighted by atomic mass is 16.2. The van der Waals surface area contributed by atoms with Crippen LogP contribution in [0, 0.1) is 23.7 Å². The molecule has 96 valence electrons. The Hall–Kier alpha value is -0.570. The van der Waals surface area contributed by atoms with Gasteiger partial charge in [0.05, 0.1) is 0 Å². The topological polar surface area (TPSA) is 41.1 Å². The Balaban J connectivity index is 1.57. The second kappa shape index (κ2) is 4.27. The zero-order chi connectivity index (χ0) is 12.0. The first kappa shape index (κ1) is 11.5. The first-order valence-electron chi connectivity index (χ1n) is 7.22. The third-order valence-corrected chi connectivity index (χ3v) is 5.24. The molecular weight excluding hydrogens is 212 g/mol. The highest BCUT2D eigenvalue weighted by molar-refractivity contribution is 5.82. The summed E-state index contributed by atoms with van der Waals surface area (Å²) < 4.78 is 0. The lowest BCUT2D eigenvalue weighted by atomic mass is 9.89. The van der Waals surface area contributed by atoms with Gasteiger partial charge in [0.1, 0.15) is 0 Å². The van der Waals surface area contributed by atoms with Gasteiger partial charge < -0.3 is 10.6 Å². The van der Waals surface area contributed by atoms with E-state index < -0.39 is 0 Å². The molecule has 3 heteroatoms. The minimum Gasteiger partial charge on any atom is -0.351 e. The Labute approximate surface area is 104 Å². The second-order valence-electron chi connectivity index (χ2n) is 6.33. The first-order valence-corrected chi connectivity index (χ1v) is 7.22. The summed E-state index contributed by atoms with van der Waals surface area (Å²) in [6.07, 6.45) is 5.09. The lowest BCUT2D eigenvalue weighted by Crippen LogP contribution is -2.56. The maximum atomic E-state index is 12.2. The van der Waals surface area contributed by atoms with Crippen LogP contribution < -0.4 is 10.6 Å². The third-order valence-electron chi connectivity index (χ3n) is 5.24. The summed E-state index contributed by atoms with van der Waals surface area (Å²) in [5.41, 5.74) is 0. The van der Waals surface area contributed by atoms with Crippen LogP contribution in [0.25, 0.3) is 0 Å². The lowest BCUT2D eigenvalue weighted by molar-refractivity contribution is -0.124. The summed E-state index contributed by atoms with van der Waals surface area (Å²) in [5.74, 6) is 2.78. The summed E-state index contributed by atoms with van der Waals surface area (Å²) >= 11 is 0. The van der Waals surface area contributed by atoms with Crippen LogP contribution in [0.3, 0.4) is 0 Å². The highest BCUT2D eigenvalue weighted by Gasteiger charge is 2.56. The fourth-order valence-electron chi connectivity index (χ4n) is 4.08. The molecule has 3 nitrogen and oxygen atoms in total. The Morgan fingerprint density at radius 3 is 2.53 bits per heavy atom. The molecular formula is C14H24N2O. The number of hydrogen-bond donors (Lipinski definition) is 2. The van der Waals surface area contributed by atoms with Gasteiger partial charge >= 0.3 is 0 Å². The van der Waals surface area contributed by atoms with Gasteiger partial charge in [-0.15, -0.1) is 0 Å². The van der Waals surface area contributed by atoms with Crippen molar-refractivity contribution >= 4 is 5.91 Å². The molecule has 0 spiro atoms. The Morgan fingerprint density at radius 2 is 1.88 bits per heavy atom. The van der Waals surface area contributed by atoms with E-state index in [2.05, 4.69) is 24.5 Å². The van der Waals surface area contributed by atoms with Gasteiger partial charge in [0.2, 0.25) is 5.91 Å². The van der Waals surface area contributed by atoms with Crippen LogP contribution in [0.15, 0.2) is 0 Å². The van der Waals surface area contributed by atoms with Gasteiger partial charge in [0.25, 0.3) is 0 Å². The van der Waals surface area contributed by atoms with Crippen LogP contribution in [-0.4, -0.2) is 24.5 Å². The van der Waals surface area contributed by atoms with Crippen molar-refractivity contribution < 1.29 is 4.79 Å². The quantitative estimate of drug-likeness (QED) is 0.763. The van der Waals surface area contributed by atoms with E-state index in [1.54, 1.807) is 0 Å². The number of nitrogens with one attached hydrogen (secondary N) is 2. The van der Waals surface area contributed by atoms with E-state index in [1.807, 2.05) is 0 Å². The molecule has 5 unspecified atom stereocenters. The molecule has 3 fully saturated rings. The molecule has 3 aliphatic rings. The highest BCUT2D eigenvalue weighted by Crippen LogP contribution is 2.57. The monoisotopic (exact) mass is 236 g/mol. The normalized spacial score (nSPS) is 48.6. The van der Waals surface area contributed by atoms with Crippen molar-refractivity contribution in [3.8, 4) is 0 Å². The lowest BCUT2D eigenvalue weighted by Gasteiger charge is -2.36. The molecule has 0 aromatic carbocycles. The summed E-state index contributed by atoms with van der Waals surface area (Å²) in [4.78, 5) is 12.2.